The van der Waals surface area contributed by atoms with Gasteiger partial charge in [-0.3, -0.25) is 0 Å². The minimum absolute atomic E-state index is 0.00799. The summed E-state index contributed by atoms with van der Waals surface area (Å²) >= 11 is 0. The van der Waals surface area contributed by atoms with Gasteiger partial charge in [-0.25, -0.2) is 4.98 Å². The summed E-state index contributed by atoms with van der Waals surface area (Å²) in [5, 5.41) is 9.90. The first kappa shape index (κ1) is 10.6. The first-order chi connectivity index (χ1) is 7.98. The van der Waals surface area contributed by atoms with Crippen LogP contribution in [0, 0.1) is 0 Å². The van der Waals surface area contributed by atoms with Crippen molar-refractivity contribution in [3.63, 3.8) is 0 Å². The molecule has 1 fully saturated rings. The number of phenols is 1. The number of rotatable bonds is 1. The van der Waals surface area contributed by atoms with E-state index in [2.05, 4.69) is 36.4 Å². The Kier molecular flexibility index (Phi) is 2.03. The molecule has 0 unspecified atom stereocenters. The Morgan fingerprint density at radius 1 is 1.29 bits per heavy atom. The monoisotopic (exact) mass is 230 g/mol. The zero-order chi connectivity index (χ0) is 12.2. The topological polar surface area (TPSA) is 38.1 Å². The summed E-state index contributed by atoms with van der Waals surface area (Å²) in [6, 6.07) is 6.23. The number of para-hydroxylation sites is 1. The summed E-state index contributed by atoms with van der Waals surface area (Å²) in [6.07, 6.45) is 2.45. The van der Waals surface area contributed by atoms with Gasteiger partial charge in [-0.15, -0.1) is 0 Å². The quantitative estimate of drug-likeness (QED) is 0.815. The molecule has 1 aliphatic rings. The summed E-state index contributed by atoms with van der Waals surface area (Å²) in [6.45, 7) is 6.51. The Bertz CT molecular complexity index is 574. The van der Waals surface area contributed by atoms with Crippen molar-refractivity contribution in [2.75, 3.05) is 0 Å². The Morgan fingerprint density at radius 2 is 2.00 bits per heavy atom. The molecule has 0 spiro atoms. The molecular formula is C14H18N2O. The molecule has 3 nitrogen and oxygen atoms in total. The minimum Gasteiger partial charge on any atom is -0.506 e. The lowest BCUT2D eigenvalue weighted by Gasteiger charge is -2.19. The molecule has 0 aliphatic heterocycles. The van der Waals surface area contributed by atoms with Gasteiger partial charge in [0.1, 0.15) is 17.1 Å². The number of benzene rings is 1. The largest absolute Gasteiger partial charge is 0.506 e. The summed E-state index contributed by atoms with van der Waals surface area (Å²) < 4.78 is 2.31. The van der Waals surface area contributed by atoms with Crippen molar-refractivity contribution in [2.45, 2.75) is 45.1 Å². The number of hydrogen-bond acceptors (Lipinski definition) is 2. The van der Waals surface area contributed by atoms with Gasteiger partial charge in [0.2, 0.25) is 0 Å². The number of phenolic OH excluding ortho intramolecular Hbond substituents is 1. The second kappa shape index (κ2) is 3.25. The van der Waals surface area contributed by atoms with Crippen molar-refractivity contribution in [1.82, 2.24) is 9.55 Å². The molecule has 0 amide bonds. The Morgan fingerprint density at radius 3 is 2.59 bits per heavy atom. The van der Waals surface area contributed by atoms with E-state index in [0.717, 1.165) is 16.9 Å². The van der Waals surface area contributed by atoms with Gasteiger partial charge in [0.25, 0.3) is 0 Å². The SMILES string of the molecule is CC(C)(C)c1nc2c(O)cccc2n1C1CC1. The molecule has 0 bridgehead atoms. The minimum atomic E-state index is 0.00799. The van der Waals surface area contributed by atoms with E-state index in [9.17, 15) is 5.11 Å². The van der Waals surface area contributed by atoms with Crippen LogP contribution in [0.2, 0.25) is 0 Å². The molecule has 1 aromatic carbocycles. The predicted molar refractivity (Wildman–Crippen MR) is 68.4 cm³/mol. The Labute approximate surface area is 101 Å². The maximum absolute atomic E-state index is 9.90. The van der Waals surface area contributed by atoms with E-state index in [1.165, 1.54) is 12.8 Å². The lowest BCUT2D eigenvalue weighted by Crippen LogP contribution is -2.18. The normalized spacial score (nSPS) is 16.6. The average molecular weight is 230 g/mol. The molecule has 1 aromatic heterocycles. The van der Waals surface area contributed by atoms with Crippen molar-refractivity contribution in [3.8, 4) is 5.75 Å². The van der Waals surface area contributed by atoms with Gasteiger partial charge in [-0.2, -0.15) is 0 Å². The molecule has 2 aromatic rings. The molecule has 0 saturated heterocycles. The molecule has 1 saturated carbocycles. The fourth-order valence-electron chi connectivity index (χ4n) is 2.33. The van der Waals surface area contributed by atoms with Crippen LogP contribution in [0.1, 0.15) is 45.5 Å². The van der Waals surface area contributed by atoms with Crippen LogP contribution in [0.4, 0.5) is 0 Å². The van der Waals surface area contributed by atoms with Crippen LogP contribution < -0.4 is 0 Å². The van der Waals surface area contributed by atoms with E-state index >= 15 is 0 Å². The van der Waals surface area contributed by atoms with E-state index in [-0.39, 0.29) is 11.2 Å². The first-order valence-electron chi connectivity index (χ1n) is 6.19. The molecule has 3 rings (SSSR count). The van der Waals surface area contributed by atoms with Crippen LogP contribution in [-0.2, 0) is 5.41 Å². The molecule has 0 atom stereocenters. The van der Waals surface area contributed by atoms with Crippen molar-refractivity contribution in [1.29, 1.82) is 0 Å². The van der Waals surface area contributed by atoms with Crippen LogP contribution >= 0.6 is 0 Å². The fourth-order valence-corrected chi connectivity index (χ4v) is 2.33. The van der Waals surface area contributed by atoms with Crippen molar-refractivity contribution >= 4 is 11.0 Å². The van der Waals surface area contributed by atoms with Gasteiger partial charge < -0.3 is 9.67 Å². The third-order valence-corrected chi connectivity index (χ3v) is 3.28. The lowest BCUT2D eigenvalue weighted by molar-refractivity contribution is 0.479. The third-order valence-electron chi connectivity index (χ3n) is 3.28. The molecular weight excluding hydrogens is 212 g/mol. The average Bonchev–Trinajstić information content (AvgIpc) is 2.98. The summed E-state index contributed by atoms with van der Waals surface area (Å²) in [5.74, 6) is 1.36. The second-order valence-corrected chi connectivity index (χ2v) is 5.93. The molecule has 1 N–H and O–H groups in total. The van der Waals surface area contributed by atoms with Crippen molar-refractivity contribution in [2.24, 2.45) is 0 Å². The van der Waals surface area contributed by atoms with E-state index in [1.807, 2.05) is 6.07 Å². The van der Waals surface area contributed by atoms with Crippen LogP contribution in [0.25, 0.3) is 11.0 Å². The Hall–Kier alpha value is -1.51. The fraction of sp³-hybridized carbons (Fsp3) is 0.500. The molecule has 1 aliphatic carbocycles. The highest BCUT2D eigenvalue weighted by atomic mass is 16.3. The number of hydrogen-bond donors (Lipinski definition) is 1. The maximum Gasteiger partial charge on any atom is 0.143 e. The standard InChI is InChI=1S/C14H18N2O/c1-14(2,3)13-15-12-10(5-4-6-11(12)17)16(13)9-7-8-9/h4-6,9,17H,7-8H2,1-3H3. The summed E-state index contributed by atoms with van der Waals surface area (Å²) in [5.41, 5.74) is 1.82. The third kappa shape index (κ3) is 1.61. The summed E-state index contributed by atoms with van der Waals surface area (Å²) in [7, 11) is 0. The van der Waals surface area contributed by atoms with Crippen LogP contribution in [0.5, 0.6) is 5.75 Å². The van der Waals surface area contributed by atoms with Gasteiger partial charge in [0, 0.05) is 11.5 Å². The van der Waals surface area contributed by atoms with Gasteiger partial charge in [-0.1, -0.05) is 26.8 Å². The highest BCUT2D eigenvalue weighted by molar-refractivity contribution is 5.82. The highest BCUT2D eigenvalue weighted by Crippen LogP contribution is 2.42. The van der Waals surface area contributed by atoms with Gasteiger partial charge in [0.15, 0.2) is 0 Å². The van der Waals surface area contributed by atoms with Crippen molar-refractivity contribution in [3.05, 3.63) is 24.0 Å². The maximum atomic E-state index is 9.90. The van der Waals surface area contributed by atoms with E-state index < -0.39 is 0 Å². The number of aromatic hydroxyl groups is 1. The van der Waals surface area contributed by atoms with Crippen molar-refractivity contribution < 1.29 is 5.11 Å². The van der Waals surface area contributed by atoms with Crippen LogP contribution in [0.15, 0.2) is 18.2 Å². The second-order valence-electron chi connectivity index (χ2n) is 5.93. The lowest BCUT2D eigenvalue weighted by atomic mass is 9.95. The zero-order valence-electron chi connectivity index (χ0n) is 10.6. The zero-order valence-corrected chi connectivity index (χ0v) is 10.6. The molecule has 3 heteroatoms. The molecule has 90 valence electrons. The number of nitrogens with zero attached hydrogens (tertiary/aromatic N) is 2. The number of imidazole rings is 1. The van der Waals surface area contributed by atoms with E-state index in [1.54, 1.807) is 6.07 Å². The molecule has 17 heavy (non-hydrogen) atoms. The van der Waals surface area contributed by atoms with E-state index in [4.69, 9.17) is 0 Å². The van der Waals surface area contributed by atoms with Gasteiger partial charge in [0.05, 0.1) is 5.52 Å². The van der Waals surface area contributed by atoms with Gasteiger partial charge in [-0.05, 0) is 25.0 Å². The van der Waals surface area contributed by atoms with E-state index in [0.29, 0.717) is 6.04 Å². The number of fused-ring (bicyclic) bond motifs is 1. The Balaban J connectivity index is 2.34. The number of aromatic nitrogens is 2. The molecule has 0 radical (unpaired) electrons. The predicted octanol–water partition coefficient (Wildman–Crippen LogP) is 3.37. The van der Waals surface area contributed by atoms with Gasteiger partial charge >= 0.3 is 0 Å². The van der Waals surface area contributed by atoms with Crippen LogP contribution in [-0.4, -0.2) is 14.7 Å². The smallest absolute Gasteiger partial charge is 0.143 e. The molecule has 1 heterocycles. The van der Waals surface area contributed by atoms with Crippen LogP contribution in [0.3, 0.4) is 0 Å². The summed E-state index contributed by atoms with van der Waals surface area (Å²) in [4.78, 5) is 4.66. The first-order valence-corrected chi connectivity index (χ1v) is 6.19. The highest BCUT2D eigenvalue weighted by Gasteiger charge is 2.32.